The van der Waals surface area contributed by atoms with Crippen LogP contribution < -0.4 is 5.32 Å². The highest BCUT2D eigenvalue weighted by Gasteiger charge is 2.33. The Morgan fingerprint density at radius 2 is 2.11 bits per heavy atom. The third kappa shape index (κ3) is 3.66. The first-order valence-electron chi connectivity index (χ1n) is 4.91. The van der Waals surface area contributed by atoms with Gasteiger partial charge >= 0.3 is 12.1 Å². The Kier molecular flexibility index (Phi) is 4.15. The van der Waals surface area contributed by atoms with Crippen molar-refractivity contribution in [2.75, 3.05) is 11.9 Å². The molecule has 0 aliphatic rings. The molecule has 0 aliphatic heterocycles. The molecular formula is C11H9F3N2O2. The predicted molar refractivity (Wildman–Crippen MR) is 56.9 cm³/mol. The number of nitriles is 1. The van der Waals surface area contributed by atoms with Crippen LogP contribution in [0.2, 0.25) is 0 Å². The van der Waals surface area contributed by atoms with Crippen molar-refractivity contribution in [2.24, 2.45) is 0 Å². The van der Waals surface area contributed by atoms with Crippen molar-refractivity contribution in [3.63, 3.8) is 0 Å². The molecule has 0 heterocycles. The molecule has 1 rings (SSSR count). The quantitative estimate of drug-likeness (QED) is 0.870. The Balaban J connectivity index is 2.97. The Hall–Kier alpha value is -2.23. The monoisotopic (exact) mass is 258 g/mol. The van der Waals surface area contributed by atoms with Crippen molar-refractivity contribution in [3.8, 4) is 6.07 Å². The van der Waals surface area contributed by atoms with Crippen LogP contribution in [0.3, 0.4) is 0 Å². The van der Waals surface area contributed by atoms with E-state index in [1.54, 1.807) is 6.07 Å². The van der Waals surface area contributed by atoms with E-state index in [4.69, 9.17) is 10.4 Å². The zero-order valence-electron chi connectivity index (χ0n) is 9.08. The van der Waals surface area contributed by atoms with Gasteiger partial charge in [0, 0.05) is 12.2 Å². The van der Waals surface area contributed by atoms with Crippen molar-refractivity contribution in [1.29, 1.82) is 5.26 Å². The second kappa shape index (κ2) is 5.40. The minimum absolute atomic E-state index is 0.105. The molecule has 0 radical (unpaired) electrons. The van der Waals surface area contributed by atoms with E-state index in [2.05, 4.69) is 5.32 Å². The third-order valence-electron chi connectivity index (χ3n) is 2.11. The van der Waals surface area contributed by atoms with Gasteiger partial charge in [0.15, 0.2) is 0 Å². The fourth-order valence-electron chi connectivity index (χ4n) is 1.31. The molecule has 0 saturated carbocycles. The first kappa shape index (κ1) is 13.8. The Bertz CT molecular complexity index is 492. The van der Waals surface area contributed by atoms with Crippen LogP contribution in [0.4, 0.5) is 18.9 Å². The number of nitrogens with one attached hydrogen (secondary N) is 1. The molecule has 4 nitrogen and oxygen atoms in total. The molecule has 2 N–H and O–H groups in total. The summed E-state index contributed by atoms with van der Waals surface area (Å²) >= 11 is 0. The zero-order valence-corrected chi connectivity index (χ0v) is 9.08. The van der Waals surface area contributed by atoms with Crippen molar-refractivity contribution in [2.45, 2.75) is 12.6 Å². The van der Waals surface area contributed by atoms with Gasteiger partial charge < -0.3 is 10.4 Å². The minimum atomic E-state index is -4.60. The van der Waals surface area contributed by atoms with Gasteiger partial charge in [-0.15, -0.1) is 0 Å². The third-order valence-corrected chi connectivity index (χ3v) is 2.11. The van der Waals surface area contributed by atoms with Crippen molar-refractivity contribution < 1.29 is 23.1 Å². The molecule has 0 amide bonds. The largest absolute Gasteiger partial charge is 0.481 e. The Morgan fingerprint density at radius 3 is 2.61 bits per heavy atom. The van der Waals surface area contributed by atoms with Gasteiger partial charge in [-0.1, -0.05) is 0 Å². The lowest BCUT2D eigenvalue weighted by atomic mass is 10.1. The first-order chi connectivity index (χ1) is 8.34. The van der Waals surface area contributed by atoms with Crippen LogP contribution in [0, 0.1) is 11.3 Å². The number of nitrogens with zero attached hydrogens (tertiary/aromatic N) is 1. The molecule has 0 spiro atoms. The number of anilines is 1. The number of halogens is 3. The lowest BCUT2D eigenvalue weighted by molar-refractivity contribution is -0.137. The van der Waals surface area contributed by atoms with Crippen LogP contribution in [0.5, 0.6) is 0 Å². The van der Waals surface area contributed by atoms with Gasteiger partial charge in [0.2, 0.25) is 0 Å². The zero-order chi connectivity index (χ0) is 13.8. The molecule has 0 aliphatic carbocycles. The van der Waals surface area contributed by atoms with Crippen molar-refractivity contribution in [3.05, 3.63) is 29.3 Å². The highest BCUT2D eigenvalue weighted by Crippen LogP contribution is 2.35. The summed E-state index contributed by atoms with van der Waals surface area (Å²) in [5, 5.41) is 19.3. The van der Waals surface area contributed by atoms with Crippen LogP contribution >= 0.6 is 0 Å². The number of aliphatic carboxylic acids is 1. The van der Waals surface area contributed by atoms with E-state index in [9.17, 15) is 18.0 Å². The molecule has 7 heteroatoms. The van der Waals surface area contributed by atoms with Crippen molar-refractivity contribution in [1.82, 2.24) is 0 Å². The summed E-state index contributed by atoms with van der Waals surface area (Å²) in [4.78, 5) is 10.3. The van der Waals surface area contributed by atoms with E-state index in [0.29, 0.717) is 0 Å². The van der Waals surface area contributed by atoms with Crippen LogP contribution in [0.1, 0.15) is 17.5 Å². The van der Waals surface area contributed by atoms with Gasteiger partial charge in [0.1, 0.15) is 0 Å². The Morgan fingerprint density at radius 1 is 1.44 bits per heavy atom. The molecule has 18 heavy (non-hydrogen) atoms. The molecule has 0 atom stereocenters. The average molecular weight is 258 g/mol. The van der Waals surface area contributed by atoms with Crippen LogP contribution in [-0.4, -0.2) is 17.6 Å². The van der Waals surface area contributed by atoms with Gasteiger partial charge in [-0.2, -0.15) is 18.4 Å². The Labute approximate surface area is 101 Å². The van der Waals surface area contributed by atoms with Gasteiger partial charge in [-0.3, -0.25) is 4.79 Å². The maximum Gasteiger partial charge on any atom is 0.418 e. The molecule has 1 aromatic rings. The smallest absolute Gasteiger partial charge is 0.418 e. The summed E-state index contributed by atoms with van der Waals surface area (Å²) in [6.07, 6.45) is -4.89. The molecule has 0 fully saturated rings. The molecule has 0 bridgehead atoms. The maximum atomic E-state index is 12.7. The van der Waals surface area contributed by atoms with Gasteiger partial charge in [-0.05, 0) is 18.2 Å². The van der Waals surface area contributed by atoms with Crippen molar-refractivity contribution >= 4 is 11.7 Å². The highest BCUT2D eigenvalue weighted by molar-refractivity contribution is 5.67. The number of alkyl halides is 3. The van der Waals surface area contributed by atoms with Crippen LogP contribution in [-0.2, 0) is 11.0 Å². The van der Waals surface area contributed by atoms with Gasteiger partial charge in [0.25, 0.3) is 0 Å². The van der Waals surface area contributed by atoms with Gasteiger partial charge in [0.05, 0.1) is 23.6 Å². The lowest BCUT2D eigenvalue weighted by Crippen LogP contribution is -2.13. The molecule has 1 aromatic carbocycles. The number of benzene rings is 1. The van der Waals surface area contributed by atoms with E-state index in [1.165, 1.54) is 6.07 Å². The fraction of sp³-hybridized carbons (Fsp3) is 0.273. The predicted octanol–water partition coefficient (Wildman–Crippen LogP) is 2.46. The summed E-state index contributed by atoms with van der Waals surface area (Å²) in [6.45, 7) is -0.121. The summed E-state index contributed by atoms with van der Waals surface area (Å²) in [6, 6.07) is 4.69. The second-order valence-electron chi connectivity index (χ2n) is 3.44. The molecule has 0 unspecified atom stereocenters. The number of carboxylic acid groups (broad SMARTS) is 1. The average Bonchev–Trinajstić information content (AvgIpc) is 2.27. The normalized spacial score (nSPS) is 10.8. The van der Waals surface area contributed by atoms with Crippen LogP contribution in [0.25, 0.3) is 0 Å². The minimum Gasteiger partial charge on any atom is -0.481 e. The summed E-state index contributed by atoms with van der Waals surface area (Å²) < 4.78 is 38.1. The second-order valence-corrected chi connectivity index (χ2v) is 3.44. The topological polar surface area (TPSA) is 73.1 Å². The number of rotatable bonds is 4. The number of carboxylic acids is 1. The summed E-state index contributed by atoms with van der Waals surface area (Å²) in [7, 11) is 0. The van der Waals surface area contributed by atoms with E-state index < -0.39 is 17.7 Å². The molecule has 96 valence electrons. The lowest BCUT2D eigenvalue weighted by Gasteiger charge is -2.14. The fourth-order valence-corrected chi connectivity index (χ4v) is 1.31. The molecule has 0 aromatic heterocycles. The molecular weight excluding hydrogens is 249 g/mol. The summed E-state index contributed by atoms with van der Waals surface area (Å²) in [5.74, 6) is -1.11. The van der Waals surface area contributed by atoms with Gasteiger partial charge in [-0.25, -0.2) is 0 Å². The van der Waals surface area contributed by atoms with E-state index in [-0.39, 0.29) is 24.2 Å². The van der Waals surface area contributed by atoms with Crippen LogP contribution in [0.15, 0.2) is 18.2 Å². The highest BCUT2D eigenvalue weighted by atomic mass is 19.4. The van der Waals surface area contributed by atoms with E-state index in [1.807, 2.05) is 0 Å². The first-order valence-corrected chi connectivity index (χ1v) is 4.91. The maximum absolute atomic E-state index is 12.7. The number of hydrogen-bond acceptors (Lipinski definition) is 3. The SMILES string of the molecule is N#Cc1ccc(NCCC(=O)O)c(C(F)(F)F)c1. The van der Waals surface area contributed by atoms with E-state index >= 15 is 0 Å². The summed E-state index contributed by atoms with van der Waals surface area (Å²) in [5.41, 5.74) is -1.32. The number of hydrogen-bond donors (Lipinski definition) is 2. The number of carbonyl (C=O) groups is 1. The standard InChI is InChI=1S/C11H9F3N2O2/c12-11(13,14)8-5-7(6-15)1-2-9(8)16-4-3-10(17)18/h1-2,5,16H,3-4H2,(H,17,18). The van der Waals surface area contributed by atoms with E-state index in [0.717, 1.165) is 12.1 Å². The molecule has 0 saturated heterocycles.